The Hall–Kier alpha value is -1.20. The van der Waals surface area contributed by atoms with E-state index in [1.165, 1.54) is 0 Å². The second kappa shape index (κ2) is 6.11. The third kappa shape index (κ3) is 3.40. The predicted octanol–water partition coefficient (Wildman–Crippen LogP) is 3.04. The van der Waals surface area contributed by atoms with Gasteiger partial charge in [-0.2, -0.15) is 4.98 Å². The van der Waals surface area contributed by atoms with Gasteiger partial charge in [0.05, 0.1) is 0 Å². The van der Waals surface area contributed by atoms with Gasteiger partial charge in [0, 0.05) is 22.5 Å². The zero-order chi connectivity index (χ0) is 13.0. The van der Waals surface area contributed by atoms with Gasteiger partial charge in [-0.15, -0.1) is 0 Å². The van der Waals surface area contributed by atoms with Crippen molar-refractivity contribution >= 4 is 15.9 Å². The molecule has 4 nitrogen and oxygen atoms in total. The van der Waals surface area contributed by atoms with Crippen LogP contribution in [0, 0.1) is 0 Å². The van der Waals surface area contributed by atoms with Crippen LogP contribution in [0.1, 0.15) is 19.2 Å². The van der Waals surface area contributed by atoms with Gasteiger partial charge in [0.2, 0.25) is 11.7 Å². The first-order valence-electron chi connectivity index (χ1n) is 5.95. The Morgan fingerprint density at radius 1 is 1.44 bits per heavy atom. The first kappa shape index (κ1) is 13.2. The van der Waals surface area contributed by atoms with Crippen LogP contribution in [0.25, 0.3) is 11.4 Å². The van der Waals surface area contributed by atoms with Gasteiger partial charge < -0.3 is 9.84 Å². The highest BCUT2D eigenvalue weighted by atomic mass is 79.9. The van der Waals surface area contributed by atoms with Gasteiger partial charge in [0.25, 0.3) is 0 Å². The van der Waals surface area contributed by atoms with Crippen LogP contribution in [0.4, 0.5) is 0 Å². The molecule has 0 saturated carbocycles. The first-order valence-corrected chi connectivity index (χ1v) is 6.74. The number of aromatic nitrogens is 2. The van der Waals surface area contributed by atoms with Gasteiger partial charge >= 0.3 is 0 Å². The highest BCUT2D eigenvalue weighted by molar-refractivity contribution is 9.10. The topological polar surface area (TPSA) is 51.0 Å². The molecule has 1 aromatic heterocycles. The van der Waals surface area contributed by atoms with Gasteiger partial charge in [0.15, 0.2) is 0 Å². The van der Waals surface area contributed by atoms with E-state index in [0.29, 0.717) is 17.8 Å². The molecule has 0 aliphatic heterocycles. The summed E-state index contributed by atoms with van der Waals surface area (Å²) in [5.41, 5.74) is 0.959. The fourth-order valence-electron chi connectivity index (χ4n) is 1.59. The van der Waals surface area contributed by atoms with Crippen LogP contribution in [0.5, 0.6) is 0 Å². The van der Waals surface area contributed by atoms with E-state index < -0.39 is 0 Å². The lowest BCUT2D eigenvalue weighted by molar-refractivity contribution is 0.369. The van der Waals surface area contributed by atoms with Gasteiger partial charge in [-0.1, -0.05) is 33.2 Å². The second-order valence-corrected chi connectivity index (χ2v) is 5.17. The van der Waals surface area contributed by atoms with Crippen molar-refractivity contribution in [2.24, 2.45) is 0 Å². The second-order valence-electron chi connectivity index (χ2n) is 4.25. The van der Waals surface area contributed by atoms with E-state index in [1.54, 1.807) is 0 Å². The van der Waals surface area contributed by atoms with Crippen molar-refractivity contribution in [3.8, 4) is 11.4 Å². The number of aryl methyl sites for hydroxylation is 1. The van der Waals surface area contributed by atoms with Crippen LogP contribution >= 0.6 is 15.9 Å². The van der Waals surface area contributed by atoms with Gasteiger partial charge in [0.1, 0.15) is 0 Å². The fraction of sp³-hybridized carbons (Fsp3) is 0.385. The number of halogens is 1. The highest BCUT2D eigenvalue weighted by Gasteiger charge is 2.09. The zero-order valence-electron chi connectivity index (χ0n) is 10.5. The Labute approximate surface area is 115 Å². The van der Waals surface area contributed by atoms with Crippen molar-refractivity contribution in [2.75, 3.05) is 7.05 Å². The monoisotopic (exact) mass is 309 g/mol. The van der Waals surface area contributed by atoms with Crippen LogP contribution < -0.4 is 5.32 Å². The first-order chi connectivity index (χ1) is 8.69. The summed E-state index contributed by atoms with van der Waals surface area (Å²) >= 11 is 3.43. The molecule has 0 amide bonds. The zero-order valence-corrected chi connectivity index (χ0v) is 12.1. The minimum Gasteiger partial charge on any atom is -0.339 e. The van der Waals surface area contributed by atoms with Gasteiger partial charge in [-0.3, -0.25) is 0 Å². The molecule has 1 aromatic carbocycles. The largest absolute Gasteiger partial charge is 0.339 e. The number of hydrogen-bond acceptors (Lipinski definition) is 4. The van der Waals surface area contributed by atoms with Crippen molar-refractivity contribution in [1.82, 2.24) is 15.5 Å². The number of rotatable bonds is 5. The van der Waals surface area contributed by atoms with Crippen molar-refractivity contribution in [3.05, 3.63) is 34.6 Å². The van der Waals surface area contributed by atoms with Crippen LogP contribution in [0.15, 0.2) is 33.3 Å². The minimum atomic E-state index is 0.450. The highest BCUT2D eigenvalue weighted by Crippen LogP contribution is 2.20. The summed E-state index contributed by atoms with van der Waals surface area (Å²) in [6.45, 7) is 2.13. The maximum absolute atomic E-state index is 5.25. The minimum absolute atomic E-state index is 0.450. The number of nitrogens with one attached hydrogen (secondary N) is 1. The van der Waals surface area contributed by atoms with Crippen LogP contribution in [-0.4, -0.2) is 23.2 Å². The molecule has 96 valence electrons. The Bertz CT molecular complexity index is 512. The van der Waals surface area contributed by atoms with Crippen LogP contribution in [0.2, 0.25) is 0 Å². The van der Waals surface area contributed by atoms with Crippen LogP contribution in [-0.2, 0) is 6.42 Å². The molecule has 0 aliphatic carbocycles. The molecule has 1 N–H and O–H groups in total. The quantitative estimate of drug-likeness (QED) is 0.922. The molecule has 18 heavy (non-hydrogen) atoms. The summed E-state index contributed by atoms with van der Waals surface area (Å²) in [6.07, 6.45) is 1.78. The van der Waals surface area contributed by atoms with Crippen molar-refractivity contribution < 1.29 is 4.52 Å². The molecule has 2 aromatic rings. The fourth-order valence-corrected chi connectivity index (χ4v) is 1.98. The molecular weight excluding hydrogens is 294 g/mol. The summed E-state index contributed by atoms with van der Waals surface area (Å²) < 4.78 is 6.26. The predicted molar refractivity (Wildman–Crippen MR) is 74.3 cm³/mol. The molecule has 1 unspecified atom stereocenters. The van der Waals surface area contributed by atoms with E-state index in [0.717, 1.165) is 22.9 Å². The molecule has 1 atom stereocenters. The normalized spacial score (nSPS) is 12.6. The SMILES string of the molecule is CNC(C)CCc1nc(-c2cccc(Br)c2)no1. The number of nitrogens with zero attached hydrogens (tertiary/aromatic N) is 2. The third-order valence-corrected chi connectivity index (χ3v) is 3.33. The third-order valence-electron chi connectivity index (χ3n) is 2.83. The Morgan fingerprint density at radius 3 is 3.00 bits per heavy atom. The van der Waals surface area contributed by atoms with E-state index >= 15 is 0 Å². The lowest BCUT2D eigenvalue weighted by Gasteiger charge is -2.06. The molecule has 0 bridgehead atoms. The van der Waals surface area contributed by atoms with Crippen molar-refractivity contribution in [3.63, 3.8) is 0 Å². The molecule has 2 rings (SSSR count). The van der Waals surface area contributed by atoms with Crippen LogP contribution in [0.3, 0.4) is 0 Å². The molecule has 1 heterocycles. The van der Waals surface area contributed by atoms with Gasteiger partial charge in [-0.05, 0) is 32.5 Å². The van der Waals surface area contributed by atoms with E-state index in [9.17, 15) is 0 Å². The average Bonchev–Trinajstić information content (AvgIpc) is 2.84. The maximum atomic E-state index is 5.25. The molecule has 0 aliphatic rings. The summed E-state index contributed by atoms with van der Waals surface area (Å²) in [6, 6.07) is 8.32. The number of benzene rings is 1. The summed E-state index contributed by atoms with van der Waals surface area (Å²) in [5, 5.41) is 7.19. The standard InChI is InChI=1S/C13H16BrN3O/c1-9(15-2)6-7-12-16-13(17-18-12)10-4-3-5-11(14)8-10/h3-5,8-9,15H,6-7H2,1-2H3. The van der Waals surface area contributed by atoms with E-state index in [4.69, 9.17) is 4.52 Å². The molecule has 0 spiro atoms. The van der Waals surface area contributed by atoms with E-state index in [-0.39, 0.29) is 0 Å². The Morgan fingerprint density at radius 2 is 2.28 bits per heavy atom. The summed E-state index contributed by atoms with van der Waals surface area (Å²) in [7, 11) is 1.95. The van der Waals surface area contributed by atoms with E-state index in [1.807, 2.05) is 31.3 Å². The lowest BCUT2D eigenvalue weighted by atomic mass is 10.2. The molecule has 0 radical (unpaired) electrons. The van der Waals surface area contributed by atoms with Crippen molar-refractivity contribution in [2.45, 2.75) is 25.8 Å². The lowest BCUT2D eigenvalue weighted by Crippen LogP contribution is -2.21. The Balaban J connectivity index is 2.06. The molecule has 0 fully saturated rings. The van der Waals surface area contributed by atoms with Crippen molar-refractivity contribution in [1.29, 1.82) is 0 Å². The number of hydrogen-bond donors (Lipinski definition) is 1. The molecular formula is C13H16BrN3O. The summed E-state index contributed by atoms with van der Waals surface area (Å²) in [4.78, 5) is 4.40. The molecule has 0 saturated heterocycles. The van der Waals surface area contributed by atoms with Gasteiger partial charge in [-0.25, -0.2) is 0 Å². The summed E-state index contributed by atoms with van der Waals surface area (Å²) in [5.74, 6) is 1.33. The smallest absolute Gasteiger partial charge is 0.227 e. The van der Waals surface area contributed by atoms with E-state index in [2.05, 4.69) is 38.3 Å². The maximum Gasteiger partial charge on any atom is 0.227 e. The Kier molecular flexibility index (Phi) is 4.49. The molecule has 5 heteroatoms. The average molecular weight is 310 g/mol.